The molecule has 0 aliphatic carbocycles. The smallest absolute Gasteiger partial charge is 0.377 e. The molecule has 0 saturated carbocycles. The van der Waals surface area contributed by atoms with Gasteiger partial charge < -0.3 is 4.65 Å². The molecule has 9 heteroatoms. The fourth-order valence-corrected chi connectivity index (χ4v) is 2.31. The van der Waals surface area contributed by atoms with E-state index in [4.69, 9.17) is 0 Å². The first-order valence-electron chi connectivity index (χ1n) is 8.49. The van der Waals surface area contributed by atoms with Crippen molar-refractivity contribution >= 4 is 6.92 Å². The lowest BCUT2D eigenvalue weighted by atomic mass is 9.59. The van der Waals surface area contributed by atoms with E-state index in [9.17, 15) is 30.7 Å². The number of hydrogen-bond acceptors (Lipinski definition) is 1. The second-order valence-electron chi connectivity index (χ2n) is 6.03. The van der Waals surface area contributed by atoms with Crippen LogP contribution in [-0.2, 0) is 4.65 Å². The minimum absolute atomic E-state index is 0.0512. The quantitative estimate of drug-likeness (QED) is 0.195. The monoisotopic (exact) mass is 366 g/mol. The molecule has 0 saturated heterocycles. The van der Waals surface area contributed by atoms with Gasteiger partial charge in [-0.05, 0) is 12.6 Å². The molecule has 144 valence electrons. The largest absolute Gasteiger partial charge is 0.462 e. The maximum Gasteiger partial charge on any atom is 0.462 e. The zero-order valence-electron chi connectivity index (χ0n) is 14.2. The summed E-state index contributed by atoms with van der Waals surface area (Å²) in [7, 11) is 0. The molecule has 0 aromatic carbocycles. The standard InChI is InChI=1S/C15H26BF7O/c1-3-5-7-9-11-16(12-10-8-6-4-2)24-15(22,23)13(17,18)14(19,20)21/h3-12H2,1-2H3. The number of rotatable bonds is 13. The molecule has 0 rings (SSSR count). The Morgan fingerprint density at radius 1 is 0.667 bits per heavy atom. The van der Waals surface area contributed by atoms with Gasteiger partial charge in [-0.2, -0.15) is 30.7 Å². The highest BCUT2D eigenvalue weighted by atomic mass is 19.4. The Balaban J connectivity index is 4.80. The van der Waals surface area contributed by atoms with Crippen LogP contribution in [-0.4, -0.2) is 25.1 Å². The summed E-state index contributed by atoms with van der Waals surface area (Å²) in [6.07, 6.45) is -6.02. The predicted molar refractivity (Wildman–Crippen MR) is 80.7 cm³/mol. The normalized spacial score (nSPS) is 13.4. The van der Waals surface area contributed by atoms with Gasteiger partial charge in [0.2, 0.25) is 0 Å². The Kier molecular flexibility index (Phi) is 10.3. The fourth-order valence-electron chi connectivity index (χ4n) is 2.31. The number of hydrogen-bond donors (Lipinski definition) is 0. The molecule has 0 atom stereocenters. The third-order valence-corrected chi connectivity index (χ3v) is 3.80. The van der Waals surface area contributed by atoms with Crippen molar-refractivity contribution in [3.8, 4) is 0 Å². The molecule has 0 amide bonds. The van der Waals surface area contributed by atoms with Crippen LogP contribution in [0.3, 0.4) is 0 Å². The summed E-state index contributed by atoms with van der Waals surface area (Å²) < 4.78 is 93.2. The maximum absolute atomic E-state index is 13.4. The summed E-state index contributed by atoms with van der Waals surface area (Å²) in [5, 5.41) is 0. The van der Waals surface area contributed by atoms with Gasteiger partial charge in [-0.15, -0.1) is 0 Å². The van der Waals surface area contributed by atoms with Crippen molar-refractivity contribution in [2.75, 3.05) is 0 Å². The molecule has 0 aromatic heterocycles. The van der Waals surface area contributed by atoms with Crippen LogP contribution in [0, 0.1) is 0 Å². The van der Waals surface area contributed by atoms with Crippen molar-refractivity contribution in [3.05, 3.63) is 0 Å². The SMILES string of the molecule is CCCCCCB(CCCCCC)OC(F)(F)C(F)(F)C(F)(F)F. The van der Waals surface area contributed by atoms with Gasteiger partial charge >= 0.3 is 25.1 Å². The molecule has 0 bridgehead atoms. The van der Waals surface area contributed by atoms with E-state index in [1.807, 2.05) is 13.8 Å². The van der Waals surface area contributed by atoms with Crippen LogP contribution in [0.25, 0.3) is 0 Å². The van der Waals surface area contributed by atoms with E-state index >= 15 is 0 Å². The van der Waals surface area contributed by atoms with Crippen LogP contribution in [0.2, 0.25) is 12.6 Å². The summed E-state index contributed by atoms with van der Waals surface area (Å²) in [5.41, 5.74) is 0. The van der Waals surface area contributed by atoms with Crippen molar-refractivity contribution in [1.29, 1.82) is 0 Å². The van der Waals surface area contributed by atoms with E-state index in [1.165, 1.54) is 0 Å². The first-order valence-corrected chi connectivity index (χ1v) is 8.49. The first-order chi connectivity index (χ1) is 11.0. The Hall–Kier alpha value is -0.465. The van der Waals surface area contributed by atoms with Gasteiger partial charge in [-0.1, -0.05) is 65.2 Å². The Bertz CT molecular complexity index is 322. The summed E-state index contributed by atoms with van der Waals surface area (Å²) in [6.45, 7) is 2.58. The van der Waals surface area contributed by atoms with Crippen LogP contribution < -0.4 is 0 Å². The third kappa shape index (κ3) is 7.61. The molecule has 0 radical (unpaired) electrons. The average molecular weight is 366 g/mol. The molecular formula is C15H26BF7O. The summed E-state index contributed by atoms with van der Waals surface area (Å²) in [4.78, 5) is 0. The summed E-state index contributed by atoms with van der Waals surface area (Å²) in [6, 6.07) is 0. The van der Waals surface area contributed by atoms with Crippen molar-refractivity contribution in [2.45, 2.75) is 96.1 Å². The fraction of sp³-hybridized carbons (Fsp3) is 1.00. The van der Waals surface area contributed by atoms with Gasteiger partial charge in [-0.25, -0.2) is 0 Å². The number of alkyl halides is 7. The predicted octanol–water partition coefficient (Wildman–Crippen LogP) is 6.95. The lowest BCUT2D eigenvalue weighted by Gasteiger charge is -2.30. The van der Waals surface area contributed by atoms with Gasteiger partial charge in [0.15, 0.2) is 0 Å². The maximum atomic E-state index is 13.4. The van der Waals surface area contributed by atoms with Crippen LogP contribution in [0.4, 0.5) is 30.7 Å². The first kappa shape index (κ1) is 23.5. The molecular weight excluding hydrogens is 340 g/mol. The van der Waals surface area contributed by atoms with Crippen molar-refractivity contribution in [1.82, 2.24) is 0 Å². The topological polar surface area (TPSA) is 9.23 Å². The minimum atomic E-state index is -6.36. The van der Waals surface area contributed by atoms with Crippen molar-refractivity contribution < 1.29 is 35.4 Å². The van der Waals surface area contributed by atoms with E-state index in [1.54, 1.807) is 0 Å². The van der Waals surface area contributed by atoms with Gasteiger partial charge in [0.25, 0.3) is 0 Å². The third-order valence-electron chi connectivity index (χ3n) is 3.80. The number of unbranched alkanes of at least 4 members (excludes halogenated alkanes) is 6. The highest BCUT2D eigenvalue weighted by Gasteiger charge is 2.74. The molecule has 24 heavy (non-hydrogen) atoms. The van der Waals surface area contributed by atoms with E-state index in [2.05, 4.69) is 4.65 Å². The second-order valence-corrected chi connectivity index (χ2v) is 6.03. The van der Waals surface area contributed by atoms with Gasteiger partial charge in [-0.3, -0.25) is 0 Å². The highest BCUT2D eigenvalue weighted by molar-refractivity contribution is 6.51. The van der Waals surface area contributed by atoms with Crippen LogP contribution in [0.5, 0.6) is 0 Å². The van der Waals surface area contributed by atoms with E-state index in [0.717, 1.165) is 25.7 Å². The Morgan fingerprint density at radius 2 is 1.08 bits per heavy atom. The highest BCUT2D eigenvalue weighted by Crippen LogP contribution is 2.47. The van der Waals surface area contributed by atoms with Crippen LogP contribution in [0.1, 0.15) is 65.2 Å². The summed E-state index contributed by atoms with van der Waals surface area (Å²) >= 11 is 0. The zero-order valence-corrected chi connectivity index (χ0v) is 14.2. The molecule has 0 aliphatic rings. The van der Waals surface area contributed by atoms with E-state index in [-0.39, 0.29) is 12.6 Å². The molecule has 0 N–H and O–H groups in total. The Morgan fingerprint density at radius 3 is 1.42 bits per heavy atom. The van der Waals surface area contributed by atoms with Crippen LogP contribution in [0.15, 0.2) is 0 Å². The molecule has 0 spiro atoms. The lowest BCUT2D eigenvalue weighted by Crippen LogP contribution is -2.55. The lowest BCUT2D eigenvalue weighted by molar-refractivity contribution is -0.405. The number of halogens is 7. The van der Waals surface area contributed by atoms with Gasteiger partial charge in [0.1, 0.15) is 0 Å². The molecule has 0 aliphatic heterocycles. The van der Waals surface area contributed by atoms with Gasteiger partial charge in [0, 0.05) is 0 Å². The summed E-state index contributed by atoms with van der Waals surface area (Å²) in [5.74, 6) is -6.20. The zero-order chi connectivity index (χ0) is 18.9. The van der Waals surface area contributed by atoms with E-state index in [0.29, 0.717) is 25.7 Å². The van der Waals surface area contributed by atoms with Crippen molar-refractivity contribution in [3.63, 3.8) is 0 Å². The van der Waals surface area contributed by atoms with E-state index < -0.39 is 25.1 Å². The van der Waals surface area contributed by atoms with Gasteiger partial charge in [0.05, 0.1) is 0 Å². The van der Waals surface area contributed by atoms with Crippen LogP contribution >= 0.6 is 0 Å². The minimum Gasteiger partial charge on any atom is -0.377 e. The molecule has 0 fully saturated rings. The average Bonchev–Trinajstić information content (AvgIpc) is 2.46. The molecule has 0 unspecified atom stereocenters. The Labute approximate surface area is 139 Å². The second kappa shape index (κ2) is 10.5. The molecule has 1 nitrogen and oxygen atoms in total. The van der Waals surface area contributed by atoms with Crippen molar-refractivity contribution in [2.24, 2.45) is 0 Å². The molecule has 0 aromatic rings. The molecule has 0 heterocycles.